The van der Waals surface area contributed by atoms with Gasteiger partial charge in [-0.1, -0.05) is 39.9 Å². The molecule has 0 bridgehead atoms. The third kappa shape index (κ3) is 3.66. The molecule has 0 atom stereocenters. The van der Waals surface area contributed by atoms with Crippen LogP contribution in [0.4, 0.5) is 5.82 Å². The van der Waals surface area contributed by atoms with Gasteiger partial charge in [0, 0.05) is 12.7 Å². The van der Waals surface area contributed by atoms with E-state index < -0.39 is 0 Å². The number of aromatic nitrogens is 1. The van der Waals surface area contributed by atoms with Crippen molar-refractivity contribution < 1.29 is 0 Å². The van der Waals surface area contributed by atoms with E-state index in [-0.39, 0.29) is 5.41 Å². The van der Waals surface area contributed by atoms with Gasteiger partial charge in [-0.05, 0) is 23.5 Å². The summed E-state index contributed by atoms with van der Waals surface area (Å²) in [5.74, 6) is 1.36. The minimum absolute atomic E-state index is 0.199. The minimum atomic E-state index is 0.199. The van der Waals surface area contributed by atoms with Crippen LogP contribution in [0.3, 0.4) is 0 Å². The molecule has 3 N–H and O–H groups in total. The van der Waals surface area contributed by atoms with Gasteiger partial charge in [-0.25, -0.2) is 4.98 Å². The van der Waals surface area contributed by atoms with Crippen LogP contribution in [0.25, 0.3) is 0 Å². The number of hydrogen-bond donors (Lipinski definition) is 2. The Morgan fingerprint density at radius 1 is 1.53 bits per heavy atom. The second kappa shape index (κ2) is 5.45. The van der Waals surface area contributed by atoms with Gasteiger partial charge in [0.15, 0.2) is 0 Å². The summed E-state index contributed by atoms with van der Waals surface area (Å²) in [4.78, 5) is 4.66. The monoisotopic (exact) mass is 251 g/mol. The standard InChI is InChI=1S/C13H21N3S/c1-9(2)13(3,4)8-16-12-10(11(14)17)6-5-7-15-12/h5-7,9H,8H2,1-4H3,(H2,14,17)(H,15,16). The average Bonchev–Trinajstić information content (AvgIpc) is 2.26. The van der Waals surface area contributed by atoms with Gasteiger partial charge in [-0.2, -0.15) is 0 Å². The van der Waals surface area contributed by atoms with Crippen molar-refractivity contribution in [2.75, 3.05) is 11.9 Å². The average molecular weight is 251 g/mol. The van der Waals surface area contributed by atoms with Crippen molar-refractivity contribution in [1.29, 1.82) is 0 Å². The van der Waals surface area contributed by atoms with Gasteiger partial charge < -0.3 is 11.1 Å². The molecule has 0 saturated heterocycles. The summed E-state index contributed by atoms with van der Waals surface area (Å²) >= 11 is 5.01. The molecular formula is C13H21N3S. The maximum atomic E-state index is 5.67. The van der Waals surface area contributed by atoms with E-state index in [9.17, 15) is 0 Å². The molecule has 0 unspecified atom stereocenters. The van der Waals surface area contributed by atoms with Gasteiger partial charge in [-0.15, -0.1) is 0 Å². The lowest BCUT2D eigenvalue weighted by Gasteiger charge is -2.29. The first-order valence-electron chi connectivity index (χ1n) is 5.83. The fourth-order valence-corrected chi connectivity index (χ4v) is 1.43. The number of nitrogens with one attached hydrogen (secondary N) is 1. The first-order chi connectivity index (χ1) is 7.84. The largest absolute Gasteiger partial charge is 0.389 e. The summed E-state index contributed by atoms with van der Waals surface area (Å²) < 4.78 is 0. The van der Waals surface area contributed by atoms with Crippen molar-refractivity contribution in [2.45, 2.75) is 27.7 Å². The highest BCUT2D eigenvalue weighted by molar-refractivity contribution is 7.80. The van der Waals surface area contributed by atoms with E-state index in [4.69, 9.17) is 18.0 Å². The number of anilines is 1. The molecule has 0 saturated carbocycles. The molecule has 1 aromatic rings. The number of thiocarbonyl (C=S) groups is 1. The van der Waals surface area contributed by atoms with Crippen molar-refractivity contribution in [3.05, 3.63) is 23.9 Å². The molecule has 0 spiro atoms. The van der Waals surface area contributed by atoms with E-state index in [1.165, 1.54) is 0 Å². The molecule has 3 nitrogen and oxygen atoms in total. The minimum Gasteiger partial charge on any atom is -0.389 e. The van der Waals surface area contributed by atoms with Gasteiger partial charge in [0.25, 0.3) is 0 Å². The maximum absolute atomic E-state index is 5.67. The Kier molecular flexibility index (Phi) is 4.46. The second-order valence-electron chi connectivity index (χ2n) is 5.26. The zero-order valence-corrected chi connectivity index (χ0v) is 11.8. The molecular weight excluding hydrogens is 230 g/mol. The fourth-order valence-electron chi connectivity index (χ4n) is 1.26. The third-order valence-corrected chi connectivity index (χ3v) is 3.57. The lowest BCUT2D eigenvalue weighted by Crippen LogP contribution is -2.29. The molecule has 1 aromatic heterocycles. The van der Waals surface area contributed by atoms with Crippen molar-refractivity contribution in [1.82, 2.24) is 4.98 Å². The van der Waals surface area contributed by atoms with Crippen LogP contribution in [0.5, 0.6) is 0 Å². The fraction of sp³-hybridized carbons (Fsp3) is 0.538. The zero-order valence-electron chi connectivity index (χ0n) is 10.9. The lowest BCUT2D eigenvalue weighted by atomic mass is 9.81. The Morgan fingerprint density at radius 2 is 2.18 bits per heavy atom. The Bertz CT molecular complexity index is 399. The van der Waals surface area contributed by atoms with Gasteiger partial charge in [-0.3, -0.25) is 0 Å². The predicted molar refractivity (Wildman–Crippen MR) is 77.2 cm³/mol. The maximum Gasteiger partial charge on any atom is 0.136 e. The first-order valence-corrected chi connectivity index (χ1v) is 6.24. The molecule has 0 aliphatic heterocycles. The summed E-state index contributed by atoms with van der Waals surface area (Å²) in [7, 11) is 0. The Labute approximate surface area is 109 Å². The number of hydrogen-bond acceptors (Lipinski definition) is 3. The number of nitrogens with zero attached hydrogens (tertiary/aromatic N) is 1. The molecule has 1 heterocycles. The summed E-state index contributed by atoms with van der Waals surface area (Å²) in [6.45, 7) is 9.74. The predicted octanol–water partition coefficient (Wildman–Crippen LogP) is 2.81. The van der Waals surface area contributed by atoms with E-state index in [0.29, 0.717) is 10.9 Å². The highest BCUT2D eigenvalue weighted by Crippen LogP contribution is 2.26. The first kappa shape index (κ1) is 13.9. The molecule has 0 amide bonds. The van der Waals surface area contributed by atoms with Crippen molar-refractivity contribution in [3.63, 3.8) is 0 Å². The second-order valence-corrected chi connectivity index (χ2v) is 5.70. The van der Waals surface area contributed by atoms with Crippen molar-refractivity contribution >= 4 is 23.0 Å². The van der Waals surface area contributed by atoms with Crippen LogP contribution in [-0.4, -0.2) is 16.5 Å². The van der Waals surface area contributed by atoms with E-state index in [0.717, 1.165) is 17.9 Å². The molecule has 0 aliphatic carbocycles. The summed E-state index contributed by atoms with van der Waals surface area (Å²) in [5.41, 5.74) is 6.67. The highest BCUT2D eigenvalue weighted by atomic mass is 32.1. The van der Waals surface area contributed by atoms with Gasteiger partial charge in [0.1, 0.15) is 10.8 Å². The molecule has 0 radical (unpaired) electrons. The molecule has 0 fully saturated rings. The van der Waals surface area contributed by atoms with Crippen LogP contribution in [0, 0.1) is 11.3 Å². The molecule has 17 heavy (non-hydrogen) atoms. The van der Waals surface area contributed by atoms with Crippen molar-refractivity contribution in [2.24, 2.45) is 17.1 Å². The Balaban J connectivity index is 2.79. The number of nitrogens with two attached hydrogens (primary N) is 1. The topological polar surface area (TPSA) is 50.9 Å². The van der Waals surface area contributed by atoms with Gasteiger partial charge in [0.2, 0.25) is 0 Å². The number of pyridine rings is 1. The van der Waals surface area contributed by atoms with Crippen LogP contribution in [0.2, 0.25) is 0 Å². The van der Waals surface area contributed by atoms with E-state index in [1.54, 1.807) is 6.20 Å². The summed E-state index contributed by atoms with van der Waals surface area (Å²) in [6, 6.07) is 3.73. The summed E-state index contributed by atoms with van der Waals surface area (Å²) in [6.07, 6.45) is 1.74. The van der Waals surface area contributed by atoms with Crippen LogP contribution in [0.1, 0.15) is 33.3 Å². The van der Waals surface area contributed by atoms with Gasteiger partial charge in [0.05, 0.1) is 5.56 Å². The molecule has 0 aliphatic rings. The Morgan fingerprint density at radius 3 is 2.71 bits per heavy atom. The molecule has 4 heteroatoms. The van der Waals surface area contributed by atoms with Crippen LogP contribution >= 0.6 is 12.2 Å². The molecule has 1 rings (SSSR count). The van der Waals surface area contributed by atoms with Crippen LogP contribution < -0.4 is 11.1 Å². The van der Waals surface area contributed by atoms with E-state index in [2.05, 4.69) is 38.0 Å². The smallest absolute Gasteiger partial charge is 0.136 e. The lowest BCUT2D eigenvalue weighted by molar-refractivity contribution is 0.269. The highest BCUT2D eigenvalue weighted by Gasteiger charge is 2.22. The van der Waals surface area contributed by atoms with Crippen LogP contribution in [-0.2, 0) is 0 Å². The van der Waals surface area contributed by atoms with E-state index in [1.807, 2.05) is 12.1 Å². The summed E-state index contributed by atoms with van der Waals surface area (Å²) in [5, 5.41) is 3.34. The number of rotatable bonds is 5. The van der Waals surface area contributed by atoms with Crippen LogP contribution in [0.15, 0.2) is 18.3 Å². The zero-order chi connectivity index (χ0) is 13.1. The quantitative estimate of drug-likeness (QED) is 0.790. The SMILES string of the molecule is CC(C)C(C)(C)CNc1ncccc1C(N)=S. The molecule has 0 aromatic carbocycles. The van der Waals surface area contributed by atoms with Gasteiger partial charge >= 0.3 is 0 Å². The molecule has 94 valence electrons. The third-order valence-electron chi connectivity index (χ3n) is 3.35. The van der Waals surface area contributed by atoms with Crippen molar-refractivity contribution in [3.8, 4) is 0 Å². The Hall–Kier alpha value is -1.16. The normalized spacial score (nSPS) is 11.6. The van der Waals surface area contributed by atoms with E-state index >= 15 is 0 Å².